The molecule has 3 nitrogen and oxygen atoms in total. The van der Waals surface area contributed by atoms with Gasteiger partial charge in [-0.1, -0.05) is 78.1 Å². The van der Waals surface area contributed by atoms with Gasteiger partial charge >= 0.3 is 0 Å². The number of ether oxygens (including phenoxy) is 1. The zero-order chi connectivity index (χ0) is 22.3. The molecule has 0 spiro atoms. The molecule has 0 aliphatic rings. The van der Waals surface area contributed by atoms with Crippen molar-refractivity contribution in [2.45, 2.75) is 97.3 Å². The average Bonchev–Trinajstić information content (AvgIpc) is 2.79. The van der Waals surface area contributed by atoms with Crippen molar-refractivity contribution in [2.75, 3.05) is 6.61 Å². The lowest BCUT2D eigenvalue weighted by molar-refractivity contribution is 0.285. The topological polar surface area (TPSA) is 35.0 Å². The van der Waals surface area contributed by atoms with Crippen LogP contribution in [-0.2, 0) is 6.42 Å². The molecule has 0 saturated heterocycles. The number of hydrogen-bond donors (Lipinski definition) is 0. The number of rotatable bonds is 16. The molecular weight excluding hydrogens is 394 g/mol. The van der Waals surface area contributed by atoms with E-state index in [4.69, 9.17) is 4.74 Å². The summed E-state index contributed by atoms with van der Waals surface area (Å²) in [4.78, 5) is 8.49. The molecule has 172 valence electrons. The summed E-state index contributed by atoms with van der Waals surface area (Å²) in [6, 6.07) is 2.97. The van der Waals surface area contributed by atoms with Gasteiger partial charge in [0, 0.05) is 12.4 Å². The van der Waals surface area contributed by atoms with E-state index in [1.165, 1.54) is 63.5 Å². The van der Waals surface area contributed by atoms with Gasteiger partial charge in [0.15, 0.2) is 17.4 Å². The normalized spacial score (nSPS) is 11.1. The number of hydrogen-bond acceptors (Lipinski definition) is 3. The molecule has 2 aromatic rings. The third-order valence-corrected chi connectivity index (χ3v) is 5.57. The summed E-state index contributed by atoms with van der Waals surface area (Å²) in [6.07, 6.45) is 18.4. The van der Waals surface area contributed by atoms with Crippen molar-refractivity contribution in [3.63, 3.8) is 0 Å². The Kier molecular flexibility index (Phi) is 12.1. The first-order chi connectivity index (χ1) is 15.2. The van der Waals surface area contributed by atoms with Crippen LogP contribution < -0.4 is 4.74 Å². The number of halogens is 2. The molecule has 0 radical (unpaired) electrons. The van der Waals surface area contributed by atoms with Crippen LogP contribution >= 0.6 is 0 Å². The summed E-state index contributed by atoms with van der Waals surface area (Å²) in [5.74, 6) is -1.77. The smallest absolute Gasteiger partial charge is 0.201 e. The van der Waals surface area contributed by atoms with Crippen LogP contribution in [-0.4, -0.2) is 16.6 Å². The minimum atomic E-state index is -0.968. The predicted molar refractivity (Wildman–Crippen MR) is 123 cm³/mol. The molecule has 0 fully saturated rings. The Morgan fingerprint density at radius 1 is 0.710 bits per heavy atom. The summed E-state index contributed by atoms with van der Waals surface area (Å²) in [6.45, 7) is 4.79. The highest BCUT2D eigenvalue weighted by atomic mass is 19.2. The van der Waals surface area contributed by atoms with Crippen molar-refractivity contribution in [3.8, 4) is 17.1 Å². The van der Waals surface area contributed by atoms with Crippen molar-refractivity contribution < 1.29 is 13.5 Å². The van der Waals surface area contributed by atoms with Crippen LogP contribution in [0.3, 0.4) is 0 Å². The third kappa shape index (κ3) is 8.92. The Morgan fingerprint density at radius 3 is 1.94 bits per heavy atom. The van der Waals surface area contributed by atoms with Crippen LogP contribution in [0.15, 0.2) is 24.5 Å². The third-order valence-electron chi connectivity index (χ3n) is 5.57. The number of nitrogens with zero attached hydrogens (tertiary/aromatic N) is 2. The van der Waals surface area contributed by atoms with Crippen molar-refractivity contribution in [3.05, 3.63) is 41.7 Å². The lowest BCUT2D eigenvalue weighted by Gasteiger charge is -2.10. The fourth-order valence-corrected chi connectivity index (χ4v) is 3.61. The minimum absolute atomic E-state index is 0.0447. The molecule has 0 aliphatic carbocycles. The molecule has 0 atom stereocenters. The molecule has 2 rings (SSSR count). The first kappa shape index (κ1) is 25.2. The van der Waals surface area contributed by atoms with E-state index in [2.05, 4.69) is 23.8 Å². The Labute approximate surface area is 186 Å². The molecule has 31 heavy (non-hydrogen) atoms. The van der Waals surface area contributed by atoms with Gasteiger partial charge in [0.1, 0.15) is 0 Å². The monoisotopic (exact) mass is 432 g/mol. The van der Waals surface area contributed by atoms with E-state index in [0.29, 0.717) is 6.61 Å². The van der Waals surface area contributed by atoms with Gasteiger partial charge in [0.05, 0.1) is 12.2 Å². The molecule has 0 N–H and O–H groups in total. The van der Waals surface area contributed by atoms with Crippen molar-refractivity contribution in [1.29, 1.82) is 0 Å². The van der Waals surface area contributed by atoms with Crippen molar-refractivity contribution in [2.24, 2.45) is 0 Å². The van der Waals surface area contributed by atoms with Gasteiger partial charge in [-0.15, -0.1) is 0 Å². The van der Waals surface area contributed by atoms with Crippen molar-refractivity contribution >= 4 is 0 Å². The standard InChI is InChI=1S/C26H38F2N2O/c1-3-5-7-9-10-11-12-14-18-31-23-17-16-22(24(27)25(23)28)26-29-19-21(20-30-26)15-13-8-6-4-2/h16-17,19-20H,3-15,18H2,1-2H3. The fourth-order valence-electron chi connectivity index (χ4n) is 3.61. The molecule has 0 bridgehead atoms. The highest BCUT2D eigenvalue weighted by Gasteiger charge is 2.17. The van der Waals surface area contributed by atoms with Crippen molar-refractivity contribution in [1.82, 2.24) is 9.97 Å². The Morgan fingerprint density at radius 2 is 1.29 bits per heavy atom. The number of aromatic nitrogens is 2. The fraction of sp³-hybridized carbons (Fsp3) is 0.615. The van der Waals surface area contributed by atoms with E-state index < -0.39 is 11.6 Å². The van der Waals surface area contributed by atoms with Gasteiger partial charge in [-0.25, -0.2) is 14.4 Å². The van der Waals surface area contributed by atoms with E-state index in [9.17, 15) is 8.78 Å². The summed E-state index contributed by atoms with van der Waals surface area (Å²) in [5.41, 5.74) is 1.08. The largest absolute Gasteiger partial charge is 0.490 e. The SMILES string of the molecule is CCCCCCCCCCOc1ccc(-c2ncc(CCCCCC)cn2)c(F)c1F. The zero-order valence-electron chi connectivity index (χ0n) is 19.3. The van der Waals surface area contributed by atoms with Gasteiger partial charge in [-0.2, -0.15) is 4.39 Å². The van der Waals surface area contributed by atoms with Gasteiger partial charge in [0.2, 0.25) is 5.82 Å². The summed E-state index contributed by atoms with van der Waals surface area (Å²) in [7, 11) is 0. The van der Waals surface area contributed by atoms with Gasteiger partial charge in [-0.3, -0.25) is 0 Å². The molecule has 0 unspecified atom stereocenters. The zero-order valence-corrected chi connectivity index (χ0v) is 19.3. The van der Waals surface area contributed by atoms with Crippen LogP contribution in [0.1, 0.15) is 96.5 Å². The summed E-state index contributed by atoms with van der Waals surface area (Å²) < 4.78 is 34.5. The quantitative estimate of drug-likeness (QED) is 0.252. The van der Waals surface area contributed by atoms with Gasteiger partial charge in [-0.05, 0) is 37.0 Å². The van der Waals surface area contributed by atoms with E-state index >= 15 is 0 Å². The van der Waals surface area contributed by atoms with Crippen LogP contribution in [0.2, 0.25) is 0 Å². The first-order valence-corrected chi connectivity index (χ1v) is 12.1. The Bertz CT molecular complexity index is 750. The molecule has 0 saturated carbocycles. The second-order valence-corrected chi connectivity index (χ2v) is 8.29. The van der Waals surface area contributed by atoms with E-state index in [1.807, 2.05) is 0 Å². The number of unbranched alkanes of at least 4 members (excludes halogenated alkanes) is 10. The Hall–Kier alpha value is -2.04. The molecule has 0 amide bonds. The lowest BCUT2D eigenvalue weighted by Crippen LogP contribution is -2.03. The second-order valence-electron chi connectivity index (χ2n) is 8.29. The van der Waals surface area contributed by atoms with Gasteiger partial charge in [0.25, 0.3) is 0 Å². The maximum Gasteiger partial charge on any atom is 0.201 e. The molecule has 1 aromatic carbocycles. The average molecular weight is 433 g/mol. The number of aryl methyl sites for hydroxylation is 1. The lowest BCUT2D eigenvalue weighted by atomic mass is 10.1. The highest BCUT2D eigenvalue weighted by Crippen LogP contribution is 2.28. The van der Waals surface area contributed by atoms with Gasteiger partial charge < -0.3 is 4.74 Å². The first-order valence-electron chi connectivity index (χ1n) is 12.1. The maximum atomic E-state index is 14.6. The molecule has 1 heterocycles. The minimum Gasteiger partial charge on any atom is -0.490 e. The van der Waals surface area contributed by atoms with Crippen LogP contribution in [0.4, 0.5) is 8.78 Å². The van der Waals surface area contributed by atoms with Crippen LogP contribution in [0.5, 0.6) is 5.75 Å². The van der Waals surface area contributed by atoms with Crippen LogP contribution in [0, 0.1) is 11.6 Å². The summed E-state index contributed by atoms with van der Waals surface area (Å²) >= 11 is 0. The summed E-state index contributed by atoms with van der Waals surface area (Å²) in [5, 5.41) is 0. The Balaban J connectivity index is 1.81. The molecule has 5 heteroatoms. The molecule has 1 aromatic heterocycles. The second kappa shape index (κ2) is 14.9. The van der Waals surface area contributed by atoms with Crippen LogP contribution in [0.25, 0.3) is 11.4 Å². The van der Waals surface area contributed by atoms with E-state index in [1.54, 1.807) is 12.4 Å². The van der Waals surface area contributed by atoms with E-state index in [0.717, 1.165) is 37.7 Å². The van der Waals surface area contributed by atoms with E-state index in [-0.39, 0.29) is 17.1 Å². The predicted octanol–water partition coefficient (Wildman–Crippen LogP) is 8.06. The molecule has 0 aliphatic heterocycles. The maximum absolute atomic E-state index is 14.6. The number of benzene rings is 1. The molecular formula is C26H38F2N2O. The highest BCUT2D eigenvalue weighted by molar-refractivity contribution is 5.57.